The molecular weight excluding hydrogens is 330 g/mol. The van der Waals surface area contributed by atoms with Gasteiger partial charge in [-0.3, -0.25) is 9.59 Å². The first kappa shape index (κ1) is 17.0. The summed E-state index contributed by atoms with van der Waals surface area (Å²) >= 11 is 0. The number of amides is 2. The third-order valence-corrected chi connectivity index (χ3v) is 5.66. The van der Waals surface area contributed by atoms with Crippen LogP contribution in [0.5, 0.6) is 0 Å². The van der Waals surface area contributed by atoms with E-state index in [1.54, 1.807) is 4.68 Å². The van der Waals surface area contributed by atoms with Gasteiger partial charge >= 0.3 is 0 Å². The van der Waals surface area contributed by atoms with E-state index >= 15 is 0 Å². The first-order valence-corrected chi connectivity index (χ1v) is 9.57. The molecule has 2 aliphatic rings. The first-order chi connectivity index (χ1) is 12.7. The van der Waals surface area contributed by atoms with Crippen LogP contribution in [0, 0.1) is 5.92 Å². The molecule has 2 N–H and O–H groups in total. The van der Waals surface area contributed by atoms with E-state index in [9.17, 15) is 9.59 Å². The Balaban J connectivity index is 1.43. The van der Waals surface area contributed by atoms with Crippen molar-refractivity contribution in [2.45, 2.75) is 63.6 Å². The van der Waals surface area contributed by atoms with Crippen molar-refractivity contribution < 1.29 is 9.59 Å². The maximum Gasteiger partial charge on any atom is 0.242 e. The number of aromatic nitrogens is 3. The van der Waals surface area contributed by atoms with Crippen molar-refractivity contribution in [1.82, 2.24) is 25.6 Å². The Hall–Kier alpha value is -2.44. The van der Waals surface area contributed by atoms with Gasteiger partial charge in [0.15, 0.2) is 0 Å². The van der Waals surface area contributed by atoms with Crippen molar-refractivity contribution in [3.05, 3.63) is 24.3 Å². The fourth-order valence-electron chi connectivity index (χ4n) is 4.35. The van der Waals surface area contributed by atoms with Crippen molar-refractivity contribution in [2.24, 2.45) is 5.92 Å². The van der Waals surface area contributed by atoms with Gasteiger partial charge in [-0.2, -0.15) is 0 Å². The molecule has 1 aliphatic heterocycles. The van der Waals surface area contributed by atoms with Crippen molar-refractivity contribution in [2.75, 3.05) is 0 Å². The second-order valence-electron chi connectivity index (χ2n) is 7.44. The number of hydrogen-bond acceptors (Lipinski definition) is 4. The molecular formula is C19H25N5O2. The maximum absolute atomic E-state index is 12.6. The highest BCUT2D eigenvalue weighted by molar-refractivity contribution is 5.81. The van der Waals surface area contributed by atoms with Gasteiger partial charge in [0.2, 0.25) is 11.8 Å². The fourth-order valence-corrected chi connectivity index (χ4v) is 4.35. The zero-order valence-electron chi connectivity index (χ0n) is 14.9. The topological polar surface area (TPSA) is 88.9 Å². The molecule has 1 aliphatic carbocycles. The smallest absolute Gasteiger partial charge is 0.242 e. The van der Waals surface area contributed by atoms with Gasteiger partial charge in [-0.15, -0.1) is 5.10 Å². The number of piperidine rings is 1. The Labute approximate surface area is 152 Å². The standard InChI is InChI=1S/C19H25N5O2/c25-17-11-10-15(19(21-17)13-6-2-1-3-7-13)20-18(26)12-24-16-9-5-4-8-14(16)22-23-24/h4-5,8-9,13,15,19H,1-3,6-7,10-12H2,(H,20,26)(H,21,25). The molecule has 4 rings (SSSR count). The molecule has 0 bridgehead atoms. The minimum Gasteiger partial charge on any atom is -0.351 e. The quantitative estimate of drug-likeness (QED) is 0.875. The first-order valence-electron chi connectivity index (χ1n) is 9.57. The van der Waals surface area contributed by atoms with Crippen molar-refractivity contribution >= 4 is 22.8 Å². The normalized spacial score (nSPS) is 24.4. The summed E-state index contributed by atoms with van der Waals surface area (Å²) in [7, 11) is 0. The molecule has 138 valence electrons. The summed E-state index contributed by atoms with van der Waals surface area (Å²) in [6.45, 7) is 0.141. The molecule has 7 heteroatoms. The summed E-state index contributed by atoms with van der Waals surface area (Å²) in [5.74, 6) is 0.487. The van der Waals surface area contributed by atoms with Crippen LogP contribution in [-0.2, 0) is 16.1 Å². The number of benzene rings is 1. The Morgan fingerprint density at radius 2 is 2.00 bits per heavy atom. The zero-order chi connectivity index (χ0) is 17.9. The minimum atomic E-state index is -0.0809. The van der Waals surface area contributed by atoms with Crippen LogP contribution in [0.25, 0.3) is 11.0 Å². The van der Waals surface area contributed by atoms with E-state index < -0.39 is 0 Å². The predicted octanol–water partition coefficient (Wildman–Crippen LogP) is 1.77. The van der Waals surface area contributed by atoms with Crippen LogP contribution in [0.2, 0.25) is 0 Å². The summed E-state index contributed by atoms with van der Waals surface area (Å²) < 4.78 is 1.63. The number of rotatable bonds is 4. The third kappa shape index (κ3) is 3.57. The van der Waals surface area contributed by atoms with E-state index in [2.05, 4.69) is 20.9 Å². The number of nitrogens with one attached hydrogen (secondary N) is 2. The molecule has 2 heterocycles. The van der Waals surface area contributed by atoms with Gasteiger partial charge in [-0.05, 0) is 37.3 Å². The molecule has 2 amide bonds. The molecule has 1 aromatic carbocycles. The Morgan fingerprint density at radius 3 is 2.85 bits per heavy atom. The van der Waals surface area contributed by atoms with Crippen LogP contribution < -0.4 is 10.6 Å². The van der Waals surface area contributed by atoms with Gasteiger partial charge in [0.1, 0.15) is 12.1 Å². The van der Waals surface area contributed by atoms with Gasteiger partial charge in [0.05, 0.1) is 11.6 Å². The van der Waals surface area contributed by atoms with Gasteiger partial charge < -0.3 is 10.6 Å². The van der Waals surface area contributed by atoms with Crippen molar-refractivity contribution in [1.29, 1.82) is 0 Å². The van der Waals surface area contributed by atoms with E-state index in [-0.39, 0.29) is 30.4 Å². The molecule has 1 saturated heterocycles. The minimum absolute atomic E-state index is 0.00177. The number of fused-ring (bicyclic) bond motifs is 1. The fraction of sp³-hybridized carbons (Fsp3) is 0.579. The lowest BCUT2D eigenvalue weighted by Crippen LogP contribution is -2.59. The van der Waals surface area contributed by atoms with Crippen LogP contribution in [0.4, 0.5) is 0 Å². The molecule has 0 spiro atoms. The highest BCUT2D eigenvalue weighted by Gasteiger charge is 2.35. The molecule has 26 heavy (non-hydrogen) atoms. The number of carbonyl (C=O) groups is 2. The molecule has 2 fully saturated rings. The lowest BCUT2D eigenvalue weighted by molar-refractivity contribution is -0.128. The van der Waals surface area contributed by atoms with Gasteiger partial charge in [0, 0.05) is 12.5 Å². The van der Waals surface area contributed by atoms with Crippen LogP contribution in [0.15, 0.2) is 24.3 Å². The van der Waals surface area contributed by atoms with Gasteiger partial charge in [-0.1, -0.05) is 36.6 Å². The average Bonchev–Trinajstić information content (AvgIpc) is 3.07. The summed E-state index contributed by atoms with van der Waals surface area (Å²) in [6.07, 6.45) is 7.13. The maximum atomic E-state index is 12.6. The highest BCUT2D eigenvalue weighted by Crippen LogP contribution is 2.30. The molecule has 2 atom stereocenters. The summed E-state index contributed by atoms with van der Waals surface area (Å²) in [4.78, 5) is 24.5. The summed E-state index contributed by atoms with van der Waals surface area (Å²) in [5.41, 5.74) is 1.63. The largest absolute Gasteiger partial charge is 0.351 e. The Kier molecular flexibility index (Phi) is 4.86. The lowest BCUT2D eigenvalue weighted by atomic mass is 9.78. The number of carbonyl (C=O) groups excluding carboxylic acids is 2. The molecule has 7 nitrogen and oxygen atoms in total. The summed E-state index contributed by atoms with van der Waals surface area (Å²) in [5, 5.41) is 14.5. The zero-order valence-corrected chi connectivity index (χ0v) is 14.9. The van der Waals surface area contributed by atoms with Crippen LogP contribution in [0.1, 0.15) is 44.9 Å². The van der Waals surface area contributed by atoms with Gasteiger partial charge in [-0.25, -0.2) is 4.68 Å². The predicted molar refractivity (Wildman–Crippen MR) is 97.2 cm³/mol. The molecule has 1 aromatic heterocycles. The second kappa shape index (κ2) is 7.43. The molecule has 1 saturated carbocycles. The van der Waals surface area contributed by atoms with Crippen LogP contribution in [0.3, 0.4) is 0 Å². The van der Waals surface area contributed by atoms with Crippen molar-refractivity contribution in [3.8, 4) is 0 Å². The Morgan fingerprint density at radius 1 is 1.19 bits per heavy atom. The average molecular weight is 355 g/mol. The van der Waals surface area contributed by atoms with Gasteiger partial charge in [0.25, 0.3) is 0 Å². The number of hydrogen-bond donors (Lipinski definition) is 2. The van der Waals surface area contributed by atoms with E-state index in [0.29, 0.717) is 18.8 Å². The molecule has 0 radical (unpaired) electrons. The number of para-hydroxylation sites is 1. The lowest BCUT2D eigenvalue weighted by Gasteiger charge is -2.39. The second-order valence-corrected chi connectivity index (χ2v) is 7.44. The van der Waals surface area contributed by atoms with Crippen LogP contribution >= 0.6 is 0 Å². The monoisotopic (exact) mass is 355 g/mol. The Bertz CT molecular complexity index is 796. The van der Waals surface area contributed by atoms with Crippen molar-refractivity contribution in [3.63, 3.8) is 0 Å². The SMILES string of the molecule is O=C(Cn1nnc2ccccc21)NC1CCC(=O)NC1C1CCCCC1. The van der Waals surface area contributed by atoms with E-state index in [0.717, 1.165) is 23.9 Å². The van der Waals surface area contributed by atoms with E-state index in [1.807, 2.05) is 24.3 Å². The number of nitrogens with zero attached hydrogens (tertiary/aromatic N) is 3. The van der Waals surface area contributed by atoms with E-state index in [4.69, 9.17) is 0 Å². The highest BCUT2D eigenvalue weighted by atomic mass is 16.2. The summed E-state index contributed by atoms with van der Waals surface area (Å²) in [6, 6.07) is 7.66. The molecule has 2 unspecified atom stereocenters. The van der Waals surface area contributed by atoms with E-state index in [1.165, 1.54) is 19.3 Å². The van der Waals surface area contributed by atoms with Crippen LogP contribution in [-0.4, -0.2) is 38.9 Å². The molecule has 2 aromatic rings. The third-order valence-electron chi connectivity index (χ3n) is 5.66.